The quantitative estimate of drug-likeness (QED) is 0.616. The molecule has 8 nitrogen and oxygen atoms in total. The fourth-order valence-corrected chi connectivity index (χ4v) is 2.72. The highest BCUT2D eigenvalue weighted by atomic mass is 35.5. The number of esters is 1. The zero-order valence-electron chi connectivity index (χ0n) is 14.7. The molecule has 0 fully saturated rings. The molecule has 3 rings (SSSR count). The van der Waals surface area contributed by atoms with E-state index in [1.807, 2.05) is 0 Å². The van der Waals surface area contributed by atoms with Crippen LogP contribution in [-0.2, 0) is 9.53 Å². The second-order valence-electron chi connectivity index (χ2n) is 5.84. The van der Waals surface area contributed by atoms with Crippen molar-refractivity contribution < 1.29 is 14.3 Å². The molecule has 2 aromatic carbocycles. The lowest BCUT2D eigenvalue weighted by Crippen LogP contribution is -2.31. The average molecular weight is 420 g/mol. The van der Waals surface area contributed by atoms with Crippen LogP contribution in [0.4, 0.5) is 0 Å². The molecule has 1 N–H and O–H groups in total. The Kier molecular flexibility index (Phi) is 6.23. The Hall–Kier alpha value is -2.97. The summed E-state index contributed by atoms with van der Waals surface area (Å²) in [6.45, 7) is 1.37. The van der Waals surface area contributed by atoms with Crippen LogP contribution < -0.4 is 5.32 Å². The van der Waals surface area contributed by atoms with Crippen LogP contribution in [0.5, 0.6) is 0 Å². The molecule has 0 saturated heterocycles. The van der Waals surface area contributed by atoms with Crippen molar-refractivity contribution in [3.8, 4) is 5.69 Å². The van der Waals surface area contributed by atoms with Gasteiger partial charge in [0.15, 0.2) is 6.61 Å². The van der Waals surface area contributed by atoms with E-state index in [1.165, 1.54) is 11.0 Å². The molecule has 144 valence electrons. The Morgan fingerprint density at radius 1 is 1.18 bits per heavy atom. The lowest BCUT2D eigenvalue weighted by atomic mass is 10.1. The first kappa shape index (κ1) is 19.8. The second kappa shape index (κ2) is 8.81. The summed E-state index contributed by atoms with van der Waals surface area (Å²) in [5.74, 6) is -1.07. The number of benzene rings is 2. The van der Waals surface area contributed by atoms with Gasteiger partial charge in [-0.2, -0.15) is 0 Å². The van der Waals surface area contributed by atoms with Crippen LogP contribution in [0.1, 0.15) is 28.9 Å². The first-order chi connectivity index (χ1) is 13.4. The summed E-state index contributed by atoms with van der Waals surface area (Å²) < 4.78 is 6.49. The van der Waals surface area contributed by atoms with Gasteiger partial charge < -0.3 is 10.1 Å². The van der Waals surface area contributed by atoms with Crippen LogP contribution in [0.2, 0.25) is 10.0 Å². The summed E-state index contributed by atoms with van der Waals surface area (Å²) in [7, 11) is 0. The van der Waals surface area contributed by atoms with E-state index in [0.29, 0.717) is 15.7 Å². The summed E-state index contributed by atoms with van der Waals surface area (Å²) in [6, 6.07) is 11.3. The molecule has 1 aromatic heterocycles. The molecule has 1 unspecified atom stereocenters. The predicted molar refractivity (Wildman–Crippen MR) is 102 cm³/mol. The van der Waals surface area contributed by atoms with Crippen LogP contribution in [0.25, 0.3) is 5.69 Å². The molecule has 1 heterocycles. The first-order valence-electron chi connectivity index (χ1n) is 8.19. The van der Waals surface area contributed by atoms with Crippen LogP contribution in [-0.4, -0.2) is 38.7 Å². The van der Waals surface area contributed by atoms with Crippen LogP contribution in [0.3, 0.4) is 0 Å². The van der Waals surface area contributed by atoms with Gasteiger partial charge in [-0.05, 0) is 53.2 Å². The average Bonchev–Trinajstić information content (AvgIpc) is 3.23. The SMILES string of the molecule is CC(NC(=O)COC(=O)c1cccc(-n2cnnn2)c1)c1ccc(Cl)c(Cl)c1. The monoisotopic (exact) mass is 419 g/mol. The number of amides is 1. The molecule has 0 bridgehead atoms. The zero-order valence-corrected chi connectivity index (χ0v) is 16.2. The Bertz CT molecular complexity index is 995. The Morgan fingerprint density at radius 3 is 2.71 bits per heavy atom. The van der Waals surface area contributed by atoms with Gasteiger partial charge in [-0.15, -0.1) is 5.10 Å². The summed E-state index contributed by atoms with van der Waals surface area (Å²) in [5, 5.41) is 14.4. The number of nitrogens with one attached hydrogen (secondary N) is 1. The molecule has 3 aromatic rings. The molecule has 1 amide bonds. The van der Waals surface area contributed by atoms with Crippen molar-refractivity contribution in [3.05, 3.63) is 70.0 Å². The largest absolute Gasteiger partial charge is 0.452 e. The molecule has 0 aliphatic carbocycles. The fourth-order valence-electron chi connectivity index (χ4n) is 2.42. The third-order valence-corrected chi connectivity index (χ3v) is 4.59. The van der Waals surface area contributed by atoms with Gasteiger partial charge >= 0.3 is 5.97 Å². The van der Waals surface area contributed by atoms with Gasteiger partial charge in [0, 0.05) is 0 Å². The van der Waals surface area contributed by atoms with Gasteiger partial charge in [0.05, 0.1) is 27.3 Å². The van der Waals surface area contributed by atoms with Crippen molar-refractivity contribution >= 4 is 35.1 Å². The minimum absolute atomic E-state index is 0.276. The second-order valence-corrected chi connectivity index (χ2v) is 6.66. The summed E-state index contributed by atoms with van der Waals surface area (Å²) >= 11 is 11.9. The number of halogens is 2. The van der Waals surface area contributed by atoms with Gasteiger partial charge in [0.2, 0.25) is 0 Å². The Labute approximate surface area is 170 Å². The number of nitrogens with zero attached hydrogens (tertiary/aromatic N) is 4. The van der Waals surface area contributed by atoms with Crippen molar-refractivity contribution in [2.24, 2.45) is 0 Å². The van der Waals surface area contributed by atoms with E-state index in [4.69, 9.17) is 27.9 Å². The van der Waals surface area contributed by atoms with Crippen molar-refractivity contribution in [3.63, 3.8) is 0 Å². The number of rotatable bonds is 6. The van der Waals surface area contributed by atoms with Crippen molar-refractivity contribution in [2.45, 2.75) is 13.0 Å². The van der Waals surface area contributed by atoms with Gasteiger partial charge in [0.25, 0.3) is 5.91 Å². The van der Waals surface area contributed by atoms with Gasteiger partial charge in [-0.1, -0.05) is 35.3 Å². The third-order valence-electron chi connectivity index (χ3n) is 3.85. The minimum Gasteiger partial charge on any atom is -0.452 e. The van der Waals surface area contributed by atoms with Crippen LogP contribution >= 0.6 is 23.2 Å². The van der Waals surface area contributed by atoms with E-state index in [0.717, 1.165) is 5.56 Å². The first-order valence-corrected chi connectivity index (χ1v) is 8.94. The summed E-state index contributed by atoms with van der Waals surface area (Å²) in [5.41, 5.74) is 1.65. The fraction of sp³-hybridized carbons (Fsp3) is 0.167. The maximum atomic E-state index is 12.2. The van der Waals surface area contributed by atoms with E-state index in [9.17, 15) is 9.59 Å². The van der Waals surface area contributed by atoms with Crippen molar-refractivity contribution in [1.29, 1.82) is 0 Å². The van der Waals surface area contributed by atoms with Gasteiger partial charge in [-0.25, -0.2) is 9.48 Å². The third kappa shape index (κ3) is 4.85. The molecular weight excluding hydrogens is 405 g/mol. The van der Waals surface area contributed by atoms with Gasteiger partial charge in [-0.3, -0.25) is 4.79 Å². The number of ether oxygens (including phenoxy) is 1. The normalized spacial score (nSPS) is 11.7. The van der Waals surface area contributed by atoms with Crippen LogP contribution in [0, 0.1) is 0 Å². The number of tetrazole rings is 1. The highest BCUT2D eigenvalue weighted by Gasteiger charge is 2.14. The predicted octanol–water partition coefficient (Wildman–Crippen LogP) is 3.00. The molecule has 0 saturated carbocycles. The van der Waals surface area contributed by atoms with Crippen LogP contribution in [0.15, 0.2) is 48.8 Å². The highest BCUT2D eigenvalue weighted by molar-refractivity contribution is 6.42. The van der Waals surface area contributed by atoms with E-state index in [1.54, 1.807) is 49.4 Å². The van der Waals surface area contributed by atoms with E-state index in [2.05, 4.69) is 20.8 Å². The van der Waals surface area contributed by atoms with E-state index in [-0.39, 0.29) is 11.6 Å². The number of carbonyl (C=O) groups excluding carboxylic acids is 2. The number of carbonyl (C=O) groups is 2. The summed E-state index contributed by atoms with van der Waals surface area (Å²) in [4.78, 5) is 24.3. The topological polar surface area (TPSA) is 99.0 Å². The molecule has 0 aliphatic heterocycles. The molecule has 10 heteroatoms. The zero-order chi connectivity index (χ0) is 20.1. The highest BCUT2D eigenvalue weighted by Crippen LogP contribution is 2.25. The standard InChI is InChI=1S/C18H15Cl2N5O3/c1-11(12-5-6-15(19)16(20)8-12)22-17(26)9-28-18(27)13-3-2-4-14(7-13)25-10-21-23-24-25/h2-8,10-11H,9H2,1H3,(H,22,26). The Balaban J connectivity index is 1.56. The molecule has 28 heavy (non-hydrogen) atoms. The number of hydrogen-bond donors (Lipinski definition) is 1. The molecular formula is C18H15Cl2N5O3. The van der Waals surface area contributed by atoms with E-state index < -0.39 is 18.5 Å². The maximum absolute atomic E-state index is 12.2. The summed E-state index contributed by atoms with van der Waals surface area (Å²) in [6.07, 6.45) is 1.41. The lowest BCUT2D eigenvalue weighted by molar-refractivity contribution is -0.124. The number of hydrogen-bond acceptors (Lipinski definition) is 6. The van der Waals surface area contributed by atoms with Crippen molar-refractivity contribution in [2.75, 3.05) is 6.61 Å². The smallest absolute Gasteiger partial charge is 0.338 e. The minimum atomic E-state index is -0.632. The Morgan fingerprint density at radius 2 is 2.00 bits per heavy atom. The molecule has 0 spiro atoms. The molecule has 0 radical (unpaired) electrons. The van der Waals surface area contributed by atoms with Gasteiger partial charge in [0.1, 0.15) is 6.33 Å². The maximum Gasteiger partial charge on any atom is 0.338 e. The number of aromatic nitrogens is 4. The van der Waals surface area contributed by atoms with E-state index >= 15 is 0 Å². The van der Waals surface area contributed by atoms with Crippen molar-refractivity contribution in [1.82, 2.24) is 25.5 Å². The lowest BCUT2D eigenvalue weighted by Gasteiger charge is -2.15. The molecule has 1 atom stereocenters. The molecule has 0 aliphatic rings.